The van der Waals surface area contributed by atoms with Crippen LogP contribution in [0.1, 0.15) is 36.0 Å². The Morgan fingerprint density at radius 2 is 1.80 bits per heavy atom. The second kappa shape index (κ2) is 9.58. The lowest BCUT2D eigenvalue weighted by atomic mass is 10.1. The minimum Gasteiger partial charge on any atom is -0.349 e. The van der Waals surface area contributed by atoms with Gasteiger partial charge in [-0.1, -0.05) is 43.2 Å². The summed E-state index contributed by atoms with van der Waals surface area (Å²) in [7, 11) is -8.52. The maximum Gasteiger partial charge on any atom is 0.469 e. The fraction of sp³-hybridized carbons (Fsp3) is 0.450. The molecule has 3 N–H and O–H groups in total. The topological polar surface area (TPSA) is 130 Å². The van der Waals surface area contributed by atoms with Crippen molar-refractivity contribution >= 4 is 34.3 Å². The minimum absolute atomic E-state index is 0.0351. The molecule has 0 bridgehead atoms. The van der Waals surface area contributed by atoms with Gasteiger partial charge in [-0.25, -0.2) is 13.0 Å². The van der Waals surface area contributed by atoms with E-state index in [1.54, 1.807) is 18.2 Å². The van der Waals surface area contributed by atoms with Gasteiger partial charge in [0.15, 0.2) is 9.84 Å². The van der Waals surface area contributed by atoms with Gasteiger partial charge in [-0.2, -0.15) is 0 Å². The molecule has 0 aliphatic heterocycles. The molecule has 1 saturated carbocycles. The second-order valence-corrected chi connectivity index (χ2v) is 11.1. The first-order valence-corrected chi connectivity index (χ1v) is 13.2. The summed E-state index contributed by atoms with van der Waals surface area (Å²) in [5.41, 5.74) is 0.359. The summed E-state index contributed by atoms with van der Waals surface area (Å²) >= 11 is 0. The Morgan fingerprint density at radius 3 is 2.47 bits per heavy atom. The first-order valence-electron chi connectivity index (χ1n) is 9.83. The molecule has 0 heterocycles. The van der Waals surface area contributed by atoms with Crippen LogP contribution in [0.4, 0.5) is 0 Å². The molecular formula is C20H26NO7PS. The lowest BCUT2D eigenvalue weighted by molar-refractivity contribution is 0.0912. The fourth-order valence-electron chi connectivity index (χ4n) is 3.85. The third kappa shape index (κ3) is 6.89. The summed E-state index contributed by atoms with van der Waals surface area (Å²) in [4.78, 5) is 30.8. The molecule has 0 aromatic heterocycles. The molecule has 1 atom stereocenters. The molecule has 2 aromatic carbocycles. The van der Waals surface area contributed by atoms with E-state index in [9.17, 15) is 17.8 Å². The molecular weight excluding hydrogens is 429 g/mol. The number of phosphoric acid groups is 1. The van der Waals surface area contributed by atoms with Crippen LogP contribution in [0.2, 0.25) is 0 Å². The van der Waals surface area contributed by atoms with Crippen molar-refractivity contribution in [2.45, 2.75) is 31.8 Å². The van der Waals surface area contributed by atoms with Crippen LogP contribution in [0.15, 0.2) is 42.5 Å². The summed E-state index contributed by atoms with van der Waals surface area (Å²) in [5, 5.41) is 4.37. The fourth-order valence-corrected chi connectivity index (χ4v) is 6.43. The van der Waals surface area contributed by atoms with Gasteiger partial charge in [-0.3, -0.25) is 9.32 Å². The number of nitrogens with one attached hydrogen (secondary N) is 1. The summed E-state index contributed by atoms with van der Waals surface area (Å²) < 4.78 is 41.0. The third-order valence-electron chi connectivity index (χ3n) is 5.19. The van der Waals surface area contributed by atoms with E-state index in [-0.39, 0.29) is 18.2 Å². The van der Waals surface area contributed by atoms with Crippen LogP contribution in [0.5, 0.6) is 0 Å². The highest BCUT2D eigenvalue weighted by molar-refractivity contribution is 7.91. The number of phosphoric ester groups is 1. The summed E-state index contributed by atoms with van der Waals surface area (Å²) in [6.45, 7) is -0.333. The Labute approximate surface area is 175 Å². The van der Waals surface area contributed by atoms with Crippen LogP contribution in [0, 0.1) is 5.92 Å². The molecule has 1 unspecified atom stereocenters. The highest BCUT2D eigenvalue weighted by atomic mass is 32.2. The molecule has 8 nitrogen and oxygen atoms in total. The molecule has 3 rings (SSSR count). The number of hydrogen-bond donors (Lipinski definition) is 3. The van der Waals surface area contributed by atoms with Gasteiger partial charge in [-0.15, -0.1) is 0 Å². The molecule has 164 valence electrons. The average Bonchev–Trinajstić information content (AvgIpc) is 3.16. The lowest BCUT2D eigenvalue weighted by Gasteiger charge is -2.20. The standard InChI is InChI=1S/C20H26NO7PS/c22-20(18-10-9-16-7-3-4-8-17(16)11-18)21-12-19(28-29(23,24)25)14-30(26,27)13-15-5-1-2-6-15/h3-4,7-11,15,19H,1-2,5-6,12-14H2,(H,21,22)(H2,23,24,25). The van der Waals surface area contributed by atoms with Crippen LogP contribution >= 0.6 is 7.82 Å². The van der Waals surface area contributed by atoms with Crippen LogP contribution < -0.4 is 5.32 Å². The van der Waals surface area contributed by atoms with Crippen LogP contribution in [0.25, 0.3) is 10.8 Å². The van der Waals surface area contributed by atoms with Gasteiger partial charge in [0.05, 0.1) is 11.5 Å². The number of carbonyl (C=O) groups is 1. The number of amides is 1. The summed E-state index contributed by atoms with van der Waals surface area (Å²) in [6.07, 6.45) is 2.31. The van der Waals surface area contributed by atoms with Crippen molar-refractivity contribution in [2.75, 3.05) is 18.1 Å². The van der Waals surface area contributed by atoms with E-state index in [0.717, 1.165) is 36.5 Å². The number of fused-ring (bicyclic) bond motifs is 1. The molecule has 10 heteroatoms. The van der Waals surface area contributed by atoms with Gasteiger partial charge in [0.25, 0.3) is 5.91 Å². The third-order valence-corrected chi connectivity index (χ3v) is 7.62. The van der Waals surface area contributed by atoms with Crippen LogP contribution in [-0.2, 0) is 18.9 Å². The molecule has 2 aromatic rings. The number of carbonyl (C=O) groups excluding carboxylic acids is 1. The highest BCUT2D eigenvalue weighted by Gasteiger charge is 2.30. The van der Waals surface area contributed by atoms with Gasteiger partial charge in [0, 0.05) is 12.1 Å². The molecule has 1 amide bonds. The molecule has 1 aliphatic rings. The number of rotatable bonds is 9. The van der Waals surface area contributed by atoms with Gasteiger partial charge in [-0.05, 0) is 41.7 Å². The molecule has 1 fully saturated rings. The van der Waals surface area contributed by atoms with E-state index in [1.807, 2.05) is 24.3 Å². The smallest absolute Gasteiger partial charge is 0.349 e. The summed E-state index contributed by atoms with van der Waals surface area (Å²) in [5.74, 6) is -1.01. The molecule has 0 radical (unpaired) electrons. The molecule has 0 spiro atoms. The van der Waals surface area contributed by atoms with Gasteiger partial charge >= 0.3 is 7.82 Å². The largest absolute Gasteiger partial charge is 0.469 e. The van der Waals surface area contributed by atoms with Crippen LogP contribution in [0.3, 0.4) is 0 Å². The van der Waals surface area contributed by atoms with Gasteiger partial charge in [0.1, 0.15) is 6.10 Å². The van der Waals surface area contributed by atoms with Crippen molar-refractivity contribution in [1.29, 1.82) is 0 Å². The predicted octanol–water partition coefficient (Wildman–Crippen LogP) is 2.65. The van der Waals surface area contributed by atoms with E-state index in [4.69, 9.17) is 9.79 Å². The van der Waals surface area contributed by atoms with Crippen molar-refractivity contribution in [3.8, 4) is 0 Å². The van der Waals surface area contributed by atoms with Gasteiger partial charge in [0.2, 0.25) is 0 Å². The first-order chi connectivity index (χ1) is 14.1. The average molecular weight is 455 g/mol. The van der Waals surface area contributed by atoms with E-state index in [1.165, 1.54) is 0 Å². The van der Waals surface area contributed by atoms with Gasteiger partial charge < -0.3 is 15.1 Å². The van der Waals surface area contributed by atoms with E-state index in [2.05, 4.69) is 9.84 Å². The highest BCUT2D eigenvalue weighted by Crippen LogP contribution is 2.38. The Kier molecular flexibility index (Phi) is 7.31. The summed E-state index contributed by atoms with van der Waals surface area (Å²) in [6, 6.07) is 12.6. The van der Waals surface area contributed by atoms with Crippen LogP contribution in [-0.4, -0.2) is 48.3 Å². The monoisotopic (exact) mass is 455 g/mol. The number of sulfone groups is 1. The lowest BCUT2D eigenvalue weighted by Crippen LogP contribution is -2.38. The van der Waals surface area contributed by atoms with Crippen molar-refractivity contribution in [3.63, 3.8) is 0 Å². The maximum atomic E-state index is 12.5. The van der Waals surface area contributed by atoms with Crippen molar-refractivity contribution in [3.05, 3.63) is 48.0 Å². The Morgan fingerprint density at radius 1 is 1.13 bits per heavy atom. The van der Waals surface area contributed by atoms with Crippen molar-refractivity contribution in [1.82, 2.24) is 5.32 Å². The Hall–Kier alpha value is -1.77. The quantitative estimate of drug-likeness (QED) is 0.496. The normalized spacial score (nSPS) is 16.6. The number of benzene rings is 2. The Bertz CT molecular complexity index is 1040. The SMILES string of the molecule is O=C(NCC(CS(=O)(=O)CC1CCCC1)OP(=O)(O)O)c1ccc2ccccc2c1. The zero-order chi connectivity index (χ0) is 21.8. The van der Waals surface area contributed by atoms with Crippen molar-refractivity contribution in [2.24, 2.45) is 5.92 Å². The zero-order valence-corrected chi connectivity index (χ0v) is 18.1. The first kappa shape index (κ1) is 22.9. The molecule has 30 heavy (non-hydrogen) atoms. The zero-order valence-electron chi connectivity index (χ0n) is 16.4. The van der Waals surface area contributed by atoms with E-state index in [0.29, 0.717) is 5.56 Å². The maximum absolute atomic E-state index is 12.5. The Balaban J connectivity index is 1.66. The number of hydrogen-bond acceptors (Lipinski definition) is 5. The predicted molar refractivity (Wildman–Crippen MR) is 114 cm³/mol. The van der Waals surface area contributed by atoms with E-state index < -0.39 is 35.4 Å². The van der Waals surface area contributed by atoms with E-state index >= 15 is 0 Å². The molecule has 1 aliphatic carbocycles. The molecule has 0 saturated heterocycles. The second-order valence-electron chi connectivity index (χ2n) is 7.72. The van der Waals surface area contributed by atoms with Crippen molar-refractivity contribution < 1.29 is 32.1 Å². The minimum atomic E-state index is -4.92.